The van der Waals surface area contributed by atoms with Crippen LogP contribution in [-0.4, -0.2) is 0 Å². The summed E-state index contributed by atoms with van der Waals surface area (Å²) in [6.07, 6.45) is 0. The van der Waals surface area contributed by atoms with Crippen LogP contribution in [0.3, 0.4) is 0 Å². The Morgan fingerprint density at radius 2 is 0.265 bits per heavy atom. The van der Waals surface area contributed by atoms with Crippen molar-refractivity contribution in [3.63, 3.8) is 0 Å². The molecular formula is C121H100O15. The molecule has 0 radical (unpaired) electrons. The molecule has 0 aliphatic rings. The average molecular weight is 1790 g/mol. The van der Waals surface area contributed by atoms with Gasteiger partial charge in [-0.15, -0.1) is 0 Å². The summed E-state index contributed by atoms with van der Waals surface area (Å²) in [4.78, 5) is 0. The van der Waals surface area contributed by atoms with Crippen molar-refractivity contribution in [3.8, 4) is 86.2 Å². The summed E-state index contributed by atoms with van der Waals surface area (Å²) < 4.78 is 101. The normalized spacial score (nSPS) is 11.1. The zero-order valence-electron chi connectivity index (χ0n) is 75.1. The Labute approximate surface area is 791 Å². The molecule has 0 fully saturated rings. The van der Waals surface area contributed by atoms with E-state index in [-0.39, 0.29) is 46.2 Å². The van der Waals surface area contributed by atoms with Gasteiger partial charge < -0.3 is 71.1 Å². The zero-order valence-corrected chi connectivity index (χ0v) is 75.1. The second-order valence-electron chi connectivity index (χ2n) is 33.3. The molecule has 0 aliphatic carbocycles. The van der Waals surface area contributed by atoms with E-state index < -0.39 is 0 Å². The Bertz CT molecular complexity index is 6180. The van der Waals surface area contributed by atoms with Crippen LogP contribution in [-0.2, 0) is 99.1 Å². The van der Waals surface area contributed by atoms with Crippen LogP contribution in [0.1, 0.15) is 83.5 Å². The van der Waals surface area contributed by atoms with E-state index in [0.29, 0.717) is 133 Å². The lowest BCUT2D eigenvalue weighted by atomic mass is 9.94. The summed E-state index contributed by atoms with van der Waals surface area (Å²) in [5, 5.41) is 6.81. The highest BCUT2D eigenvalue weighted by atomic mass is 16.5. The molecule has 0 atom stereocenters. The number of rotatable bonds is 45. The molecule has 15 heteroatoms. The third kappa shape index (κ3) is 25.1. The van der Waals surface area contributed by atoms with Gasteiger partial charge in [-0.25, -0.2) is 0 Å². The maximum Gasteiger partial charge on any atom is 0.127 e. The lowest BCUT2D eigenvalue weighted by Gasteiger charge is -2.17. The van der Waals surface area contributed by atoms with Gasteiger partial charge >= 0.3 is 0 Å². The van der Waals surface area contributed by atoms with Crippen molar-refractivity contribution in [1.82, 2.24) is 0 Å². The van der Waals surface area contributed by atoms with Crippen molar-refractivity contribution in [1.29, 1.82) is 0 Å². The Morgan fingerprint density at radius 3 is 0.456 bits per heavy atom. The third-order valence-electron chi connectivity index (χ3n) is 22.9. The molecule has 0 saturated carbocycles. The fourth-order valence-corrected chi connectivity index (χ4v) is 16.1. The molecule has 15 nitrogen and oxygen atoms in total. The minimum absolute atomic E-state index is 0.0679. The Hall–Kier alpha value is -16.8. The van der Waals surface area contributed by atoms with E-state index in [4.69, 9.17) is 71.1 Å². The van der Waals surface area contributed by atoms with Crippen LogP contribution in [0, 0.1) is 0 Å². The minimum Gasteiger partial charge on any atom is -0.489 e. The summed E-state index contributed by atoms with van der Waals surface area (Å²) in [5.74, 6) is 8.92. The summed E-state index contributed by atoms with van der Waals surface area (Å²) in [5.41, 5.74) is 13.8. The lowest BCUT2D eigenvalue weighted by Crippen LogP contribution is -2.05. The predicted molar refractivity (Wildman–Crippen MR) is 532 cm³/mol. The maximum atomic E-state index is 7.06. The molecule has 0 spiro atoms. The van der Waals surface area contributed by atoms with Crippen LogP contribution in [0.25, 0.3) is 32.3 Å². The number of benzene rings is 19. The van der Waals surface area contributed by atoms with Gasteiger partial charge in [0.25, 0.3) is 0 Å². The summed E-state index contributed by atoms with van der Waals surface area (Å²) in [6, 6.07) is 141. The second kappa shape index (κ2) is 44.4. The Balaban J connectivity index is 0.647. The Morgan fingerprint density at radius 1 is 0.110 bits per heavy atom. The van der Waals surface area contributed by atoms with Crippen LogP contribution in [0.2, 0.25) is 0 Å². The predicted octanol–water partition coefficient (Wildman–Crippen LogP) is 28.3. The summed E-state index contributed by atoms with van der Waals surface area (Å²) in [6.45, 7) is 3.72. The quantitative estimate of drug-likeness (QED) is 0.0334. The highest BCUT2D eigenvalue weighted by Gasteiger charge is 2.19. The summed E-state index contributed by atoms with van der Waals surface area (Å²) >= 11 is 0. The molecule has 0 unspecified atom stereocenters. The molecule has 674 valence electrons. The first-order chi connectivity index (χ1) is 67.2. The van der Waals surface area contributed by atoms with Crippen molar-refractivity contribution >= 4 is 32.3 Å². The standard InChI is InChI=1S/C121H100O15/c1-9-26-86(27-10-1)71-122-104-50-94(51-105(64-104)123-72-87-28-11-2-12-29-87)79-130-112-58-98(59-113(68-112)131-80-95-52-106(124-73-88-30-13-3-14-31-88)65-107(53-95)125-74-89-32-15-4-16-33-89)83-134-116-62-100(85-136-119-49-47-103-45-44-101-42-25-43-102-46-48-118(119)121(103)120(101)102)63-117(70-116)135-84-99-60-114(132-81-96-54-108(126-75-90-34-17-5-18-35-90)66-109(55-96)127-76-91-36-19-6-20-37-91)69-115(61-99)133-82-97-56-110(128-77-92-38-21-7-22-39-92)67-111(57-97)129-78-93-40-23-8-24-41-93/h1-70H,71-85H2. The van der Waals surface area contributed by atoms with E-state index in [0.717, 1.165) is 116 Å². The van der Waals surface area contributed by atoms with E-state index in [1.807, 2.05) is 370 Å². The van der Waals surface area contributed by atoms with Gasteiger partial charge in [0, 0.05) is 53.2 Å². The van der Waals surface area contributed by atoms with E-state index in [1.165, 1.54) is 5.39 Å². The molecule has 0 aliphatic heterocycles. The maximum absolute atomic E-state index is 7.06. The zero-order chi connectivity index (χ0) is 91.5. The van der Waals surface area contributed by atoms with E-state index in [1.54, 1.807) is 0 Å². The van der Waals surface area contributed by atoms with Crippen LogP contribution in [0.15, 0.2) is 425 Å². The van der Waals surface area contributed by atoms with E-state index in [9.17, 15) is 0 Å². The summed E-state index contributed by atoms with van der Waals surface area (Å²) in [7, 11) is 0. The molecule has 0 heterocycles. The second-order valence-corrected chi connectivity index (χ2v) is 33.3. The molecule has 19 aromatic carbocycles. The van der Waals surface area contributed by atoms with Gasteiger partial charge in [0.2, 0.25) is 0 Å². The van der Waals surface area contributed by atoms with Gasteiger partial charge in [-0.1, -0.05) is 285 Å². The number of ether oxygens (including phenoxy) is 15. The van der Waals surface area contributed by atoms with Gasteiger partial charge in [-0.3, -0.25) is 0 Å². The fourth-order valence-electron chi connectivity index (χ4n) is 16.1. The first kappa shape index (κ1) is 88.5. The van der Waals surface area contributed by atoms with Gasteiger partial charge in [-0.05, 0) is 202 Å². The van der Waals surface area contributed by atoms with Gasteiger partial charge in [0.1, 0.15) is 185 Å². The van der Waals surface area contributed by atoms with Crippen LogP contribution in [0.4, 0.5) is 0 Å². The first-order valence-corrected chi connectivity index (χ1v) is 45.6. The van der Waals surface area contributed by atoms with Crippen molar-refractivity contribution in [3.05, 3.63) is 508 Å². The third-order valence-corrected chi connectivity index (χ3v) is 22.9. The SMILES string of the molecule is c1ccc(COc2cc(COc3cc(COc4cc(COc5ccc6ccc7cccc8ccc5c6c78)cc(OCc5cc(OCc6cc(OCc7ccccc7)cc(OCc7ccccc7)c6)cc(OCc6cc(OCc7ccccc7)cc(OCc7ccccc7)c6)c5)c4)cc(OCc4cc(OCc5ccccc5)cc(OCc5ccccc5)c4)c3)cc(OCc3ccccc3)c2)cc1. The van der Waals surface area contributed by atoms with Crippen molar-refractivity contribution in [2.75, 3.05) is 0 Å². The molecule has 0 saturated heterocycles. The Kier molecular flexibility index (Phi) is 28.9. The average Bonchev–Trinajstić information content (AvgIpc) is 0.739. The lowest BCUT2D eigenvalue weighted by molar-refractivity contribution is 0.269. The first-order valence-electron chi connectivity index (χ1n) is 45.6. The monoisotopic (exact) mass is 1790 g/mol. The molecule has 19 rings (SSSR count). The van der Waals surface area contributed by atoms with Crippen molar-refractivity contribution in [2.45, 2.75) is 99.1 Å². The molecule has 136 heavy (non-hydrogen) atoms. The van der Waals surface area contributed by atoms with Crippen molar-refractivity contribution < 1.29 is 71.1 Å². The minimum atomic E-state index is 0.0679. The molecular weight excluding hydrogens is 1690 g/mol. The van der Waals surface area contributed by atoms with Gasteiger partial charge in [0.15, 0.2) is 0 Å². The van der Waals surface area contributed by atoms with Gasteiger partial charge in [-0.2, -0.15) is 0 Å². The number of hydrogen-bond acceptors (Lipinski definition) is 15. The van der Waals surface area contributed by atoms with Crippen LogP contribution in [0.5, 0.6) is 86.2 Å². The molecule has 0 amide bonds. The highest BCUT2D eigenvalue weighted by molar-refractivity contribution is 6.24. The highest BCUT2D eigenvalue weighted by Crippen LogP contribution is 2.41. The molecule has 0 aromatic heterocycles. The largest absolute Gasteiger partial charge is 0.489 e. The molecule has 19 aromatic rings. The van der Waals surface area contributed by atoms with Crippen LogP contribution < -0.4 is 71.1 Å². The van der Waals surface area contributed by atoms with E-state index >= 15 is 0 Å². The smallest absolute Gasteiger partial charge is 0.127 e. The number of hydrogen-bond donors (Lipinski definition) is 0. The van der Waals surface area contributed by atoms with E-state index in [2.05, 4.69) is 54.6 Å². The van der Waals surface area contributed by atoms with Crippen LogP contribution >= 0.6 is 0 Å². The van der Waals surface area contributed by atoms with Crippen molar-refractivity contribution in [2.24, 2.45) is 0 Å². The molecule has 0 N–H and O–H groups in total. The fraction of sp³-hybridized carbons (Fsp3) is 0.124. The molecule has 0 bridgehead atoms. The topological polar surface area (TPSA) is 138 Å². The van der Waals surface area contributed by atoms with Gasteiger partial charge in [0.05, 0.1) is 0 Å².